The summed E-state index contributed by atoms with van der Waals surface area (Å²) in [7, 11) is 0. The van der Waals surface area contributed by atoms with E-state index in [4.69, 9.17) is 4.74 Å². The van der Waals surface area contributed by atoms with Gasteiger partial charge in [0.1, 0.15) is 0 Å². The Bertz CT molecular complexity index is 324. The predicted molar refractivity (Wildman–Crippen MR) is 73.0 cm³/mol. The van der Waals surface area contributed by atoms with Crippen molar-refractivity contribution < 1.29 is 9.53 Å². The van der Waals surface area contributed by atoms with Gasteiger partial charge in [0.15, 0.2) is 0 Å². The highest BCUT2D eigenvalue weighted by atomic mass is 16.5. The van der Waals surface area contributed by atoms with Crippen LogP contribution in [0.25, 0.3) is 0 Å². The highest BCUT2D eigenvalue weighted by Gasteiger charge is 2.32. The van der Waals surface area contributed by atoms with Crippen molar-refractivity contribution in [3.63, 3.8) is 0 Å². The highest BCUT2D eigenvalue weighted by Crippen LogP contribution is 2.22. The van der Waals surface area contributed by atoms with Crippen LogP contribution in [0.15, 0.2) is 0 Å². The van der Waals surface area contributed by atoms with Gasteiger partial charge < -0.3 is 15.4 Å². The molecule has 3 fully saturated rings. The fourth-order valence-electron chi connectivity index (χ4n) is 3.46. The van der Waals surface area contributed by atoms with E-state index >= 15 is 0 Å². The monoisotopic (exact) mass is 267 g/mol. The maximum absolute atomic E-state index is 11.5. The van der Waals surface area contributed by atoms with Gasteiger partial charge in [-0.25, -0.2) is 0 Å². The summed E-state index contributed by atoms with van der Waals surface area (Å²) >= 11 is 0. The van der Waals surface area contributed by atoms with Crippen molar-refractivity contribution in [1.82, 2.24) is 15.5 Å². The molecule has 0 spiro atoms. The van der Waals surface area contributed by atoms with Gasteiger partial charge >= 0.3 is 0 Å². The first-order valence-electron chi connectivity index (χ1n) is 7.67. The van der Waals surface area contributed by atoms with E-state index in [9.17, 15) is 4.79 Å². The van der Waals surface area contributed by atoms with Crippen LogP contribution in [0.1, 0.15) is 32.1 Å². The van der Waals surface area contributed by atoms with Gasteiger partial charge in [0.05, 0.1) is 12.7 Å². The molecule has 108 valence electrons. The molecule has 0 radical (unpaired) electrons. The minimum atomic E-state index is 0.180. The zero-order chi connectivity index (χ0) is 13.1. The Morgan fingerprint density at radius 1 is 1.37 bits per heavy atom. The summed E-state index contributed by atoms with van der Waals surface area (Å²) in [5.74, 6) is 0.180. The fraction of sp³-hybridized carbons (Fsp3) is 0.929. The summed E-state index contributed by atoms with van der Waals surface area (Å²) in [6, 6.07) is 0.988. The Labute approximate surface area is 115 Å². The van der Waals surface area contributed by atoms with Crippen LogP contribution in [-0.4, -0.2) is 61.8 Å². The Morgan fingerprint density at radius 2 is 2.32 bits per heavy atom. The highest BCUT2D eigenvalue weighted by molar-refractivity contribution is 5.76. The molecule has 19 heavy (non-hydrogen) atoms. The zero-order valence-electron chi connectivity index (χ0n) is 11.6. The van der Waals surface area contributed by atoms with Gasteiger partial charge in [0.2, 0.25) is 5.91 Å². The predicted octanol–water partition coefficient (Wildman–Crippen LogP) is 0.108. The lowest BCUT2D eigenvalue weighted by atomic mass is 10.1. The van der Waals surface area contributed by atoms with E-state index in [1.807, 2.05) is 0 Å². The van der Waals surface area contributed by atoms with Gasteiger partial charge in [-0.15, -0.1) is 0 Å². The standard InChI is InChI=1S/C14H25N3O2/c18-14-7-11(3-1-5-15-14)16-8-13-9-17-6-2-4-12(17)10-19-13/h11-13,16H,1-10H2,(H,15,18). The SMILES string of the molecule is O=C1CC(NCC2CN3CCCC3CO2)CCCN1. The van der Waals surface area contributed by atoms with Crippen molar-refractivity contribution >= 4 is 5.91 Å². The number of nitrogens with zero attached hydrogens (tertiary/aromatic N) is 1. The van der Waals surface area contributed by atoms with Gasteiger partial charge in [-0.1, -0.05) is 0 Å². The van der Waals surface area contributed by atoms with E-state index in [1.165, 1.54) is 19.4 Å². The Hall–Kier alpha value is -0.650. The maximum atomic E-state index is 11.5. The zero-order valence-corrected chi connectivity index (χ0v) is 11.6. The van der Waals surface area contributed by atoms with E-state index in [-0.39, 0.29) is 5.91 Å². The maximum Gasteiger partial charge on any atom is 0.221 e. The number of nitrogens with one attached hydrogen (secondary N) is 2. The van der Waals surface area contributed by atoms with Crippen LogP contribution in [0, 0.1) is 0 Å². The molecule has 3 aliphatic heterocycles. The molecule has 1 amide bonds. The molecule has 2 N–H and O–H groups in total. The number of amides is 1. The second kappa shape index (κ2) is 6.20. The number of fused-ring (bicyclic) bond motifs is 1. The molecule has 3 atom stereocenters. The molecule has 0 saturated carbocycles. The summed E-state index contributed by atoms with van der Waals surface area (Å²) in [5.41, 5.74) is 0. The topological polar surface area (TPSA) is 53.6 Å². The lowest BCUT2D eigenvalue weighted by molar-refractivity contribution is -0.121. The molecule has 3 aliphatic rings. The van der Waals surface area contributed by atoms with Crippen molar-refractivity contribution in [2.75, 3.05) is 32.8 Å². The first kappa shape index (κ1) is 13.3. The van der Waals surface area contributed by atoms with E-state index in [0.717, 1.165) is 39.1 Å². The lowest BCUT2D eigenvalue weighted by Crippen LogP contribution is -2.50. The third kappa shape index (κ3) is 3.46. The molecule has 5 nitrogen and oxygen atoms in total. The number of carbonyl (C=O) groups excluding carboxylic acids is 1. The normalized spacial score (nSPS) is 36.6. The number of ether oxygens (including phenoxy) is 1. The fourth-order valence-corrected chi connectivity index (χ4v) is 3.46. The molecule has 0 bridgehead atoms. The minimum Gasteiger partial charge on any atom is -0.374 e. The molecular formula is C14H25N3O2. The first-order chi connectivity index (χ1) is 9.31. The van der Waals surface area contributed by atoms with E-state index in [0.29, 0.717) is 24.6 Å². The molecule has 5 heteroatoms. The first-order valence-corrected chi connectivity index (χ1v) is 7.67. The summed E-state index contributed by atoms with van der Waals surface area (Å²) in [6.45, 7) is 4.87. The van der Waals surface area contributed by atoms with E-state index in [1.54, 1.807) is 0 Å². The molecule has 0 aromatic rings. The average Bonchev–Trinajstić information content (AvgIpc) is 2.78. The van der Waals surface area contributed by atoms with Crippen molar-refractivity contribution in [3.05, 3.63) is 0 Å². The van der Waals surface area contributed by atoms with Crippen molar-refractivity contribution in [2.45, 2.75) is 50.3 Å². The molecule has 3 unspecified atom stereocenters. The van der Waals surface area contributed by atoms with E-state index in [2.05, 4.69) is 15.5 Å². The quantitative estimate of drug-likeness (QED) is 0.762. The van der Waals surface area contributed by atoms with Crippen LogP contribution < -0.4 is 10.6 Å². The Kier molecular flexibility index (Phi) is 4.35. The smallest absolute Gasteiger partial charge is 0.221 e. The lowest BCUT2D eigenvalue weighted by Gasteiger charge is -2.35. The van der Waals surface area contributed by atoms with Crippen molar-refractivity contribution in [3.8, 4) is 0 Å². The van der Waals surface area contributed by atoms with Crippen LogP contribution in [0.3, 0.4) is 0 Å². The molecule has 0 aliphatic carbocycles. The molecule has 3 saturated heterocycles. The molecular weight excluding hydrogens is 242 g/mol. The van der Waals surface area contributed by atoms with Gasteiger partial charge in [-0.05, 0) is 32.2 Å². The van der Waals surface area contributed by atoms with Crippen molar-refractivity contribution in [2.24, 2.45) is 0 Å². The third-order valence-electron chi connectivity index (χ3n) is 4.58. The summed E-state index contributed by atoms with van der Waals surface area (Å²) in [5, 5.41) is 6.45. The number of hydrogen-bond donors (Lipinski definition) is 2. The van der Waals surface area contributed by atoms with Gasteiger partial charge in [0, 0.05) is 38.1 Å². The Morgan fingerprint density at radius 3 is 3.26 bits per heavy atom. The molecule has 0 aromatic heterocycles. The van der Waals surface area contributed by atoms with Crippen LogP contribution in [0.4, 0.5) is 0 Å². The van der Waals surface area contributed by atoms with Crippen molar-refractivity contribution in [1.29, 1.82) is 0 Å². The van der Waals surface area contributed by atoms with Crippen LogP contribution in [0.2, 0.25) is 0 Å². The summed E-state index contributed by atoms with van der Waals surface area (Å²) in [6.07, 6.45) is 5.67. The average molecular weight is 267 g/mol. The second-order valence-electron chi connectivity index (χ2n) is 6.05. The number of rotatable bonds is 3. The van der Waals surface area contributed by atoms with Gasteiger partial charge in [-0.3, -0.25) is 9.69 Å². The largest absolute Gasteiger partial charge is 0.374 e. The Balaban J connectivity index is 1.43. The summed E-state index contributed by atoms with van der Waals surface area (Å²) in [4.78, 5) is 14.1. The third-order valence-corrected chi connectivity index (χ3v) is 4.58. The second-order valence-corrected chi connectivity index (χ2v) is 6.05. The molecule has 3 rings (SSSR count). The van der Waals surface area contributed by atoms with Crippen LogP contribution in [0.5, 0.6) is 0 Å². The molecule has 3 heterocycles. The van der Waals surface area contributed by atoms with E-state index < -0.39 is 0 Å². The number of hydrogen-bond acceptors (Lipinski definition) is 4. The number of morpholine rings is 1. The van der Waals surface area contributed by atoms with Crippen LogP contribution >= 0.6 is 0 Å². The van der Waals surface area contributed by atoms with Crippen LogP contribution in [-0.2, 0) is 9.53 Å². The minimum absolute atomic E-state index is 0.180. The number of carbonyl (C=O) groups is 1. The molecule has 0 aromatic carbocycles. The van der Waals surface area contributed by atoms with Gasteiger partial charge in [-0.2, -0.15) is 0 Å². The van der Waals surface area contributed by atoms with Gasteiger partial charge in [0.25, 0.3) is 0 Å². The summed E-state index contributed by atoms with van der Waals surface area (Å²) < 4.78 is 5.94.